The summed E-state index contributed by atoms with van der Waals surface area (Å²) in [7, 11) is 0. The minimum absolute atomic E-state index is 0.120. The Labute approximate surface area is 119 Å². The first-order chi connectivity index (χ1) is 8.58. The summed E-state index contributed by atoms with van der Waals surface area (Å²) in [5.41, 5.74) is 0.465. The highest BCUT2D eigenvalue weighted by atomic mass is 79.9. The van der Waals surface area contributed by atoms with Crippen LogP contribution in [0.15, 0.2) is 16.6 Å². The van der Waals surface area contributed by atoms with E-state index in [4.69, 9.17) is 21.4 Å². The Morgan fingerprint density at radius 3 is 2.89 bits per heavy atom. The number of urea groups is 1. The lowest BCUT2D eigenvalue weighted by Crippen LogP contribution is -2.31. The number of amides is 2. The normalized spacial score (nSPS) is 10.0. The number of carbonyl (C=O) groups excluding carboxylic acids is 1. The van der Waals surface area contributed by atoms with Crippen molar-refractivity contribution in [1.82, 2.24) is 5.32 Å². The van der Waals surface area contributed by atoms with Crippen molar-refractivity contribution in [1.29, 1.82) is 0 Å². The summed E-state index contributed by atoms with van der Waals surface area (Å²) in [4.78, 5) is 11.5. The van der Waals surface area contributed by atoms with Crippen molar-refractivity contribution in [3.8, 4) is 5.75 Å². The molecule has 7 heteroatoms. The van der Waals surface area contributed by atoms with E-state index < -0.39 is 6.03 Å². The molecule has 0 bridgehead atoms. The van der Waals surface area contributed by atoms with Gasteiger partial charge >= 0.3 is 6.03 Å². The van der Waals surface area contributed by atoms with Crippen LogP contribution in [0.3, 0.4) is 0 Å². The molecule has 2 amide bonds. The Bertz CT molecular complexity index is 429. The van der Waals surface area contributed by atoms with E-state index in [-0.39, 0.29) is 13.2 Å². The van der Waals surface area contributed by atoms with Crippen molar-refractivity contribution in [3.63, 3.8) is 0 Å². The zero-order valence-corrected chi connectivity index (χ0v) is 12.1. The summed E-state index contributed by atoms with van der Waals surface area (Å²) in [5.74, 6) is 0.515. The first-order valence-electron chi connectivity index (χ1n) is 5.36. The van der Waals surface area contributed by atoms with Gasteiger partial charge in [-0.1, -0.05) is 11.6 Å². The quantitative estimate of drug-likeness (QED) is 0.773. The van der Waals surface area contributed by atoms with Crippen molar-refractivity contribution in [2.45, 2.75) is 6.92 Å². The van der Waals surface area contributed by atoms with Gasteiger partial charge in [0.25, 0.3) is 0 Å². The maximum Gasteiger partial charge on any atom is 0.319 e. The second kappa shape index (κ2) is 7.45. The van der Waals surface area contributed by atoms with Crippen molar-refractivity contribution in [2.24, 2.45) is 0 Å². The fraction of sp³-hybridized carbons (Fsp3) is 0.364. The molecule has 0 saturated carbocycles. The van der Waals surface area contributed by atoms with Crippen LogP contribution in [-0.2, 0) is 0 Å². The van der Waals surface area contributed by atoms with Gasteiger partial charge in [0, 0.05) is 11.6 Å². The maximum atomic E-state index is 11.5. The topological polar surface area (TPSA) is 70.6 Å². The number of hydrogen-bond acceptors (Lipinski definition) is 3. The summed E-state index contributed by atoms with van der Waals surface area (Å²) < 4.78 is 6.09. The Kier molecular flexibility index (Phi) is 6.24. The highest BCUT2D eigenvalue weighted by Gasteiger charge is 2.12. The fourth-order valence-electron chi connectivity index (χ4n) is 1.28. The Hall–Kier alpha value is -0.980. The molecule has 1 rings (SSSR count). The molecule has 0 aliphatic rings. The first-order valence-corrected chi connectivity index (χ1v) is 6.53. The Balaban J connectivity index is 2.88. The largest absolute Gasteiger partial charge is 0.491 e. The van der Waals surface area contributed by atoms with Crippen LogP contribution in [0.5, 0.6) is 5.75 Å². The fourth-order valence-corrected chi connectivity index (χ4v) is 2.20. The van der Waals surface area contributed by atoms with Crippen LogP contribution in [0.2, 0.25) is 5.02 Å². The lowest BCUT2D eigenvalue weighted by Gasteiger charge is -2.14. The molecule has 0 unspecified atom stereocenters. The molecule has 0 radical (unpaired) electrons. The van der Waals surface area contributed by atoms with Crippen LogP contribution >= 0.6 is 27.5 Å². The number of benzene rings is 1. The van der Waals surface area contributed by atoms with Crippen molar-refractivity contribution in [3.05, 3.63) is 21.6 Å². The summed E-state index contributed by atoms with van der Waals surface area (Å²) in [5, 5.41) is 14.2. The van der Waals surface area contributed by atoms with Crippen molar-refractivity contribution < 1.29 is 14.6 Å². The number of halogens is 2. The molecule has 0 aromatic heterocycles. The van der Waals surface area contributed by atoms with E-state index >= 15 is 0 Å². The zero-order valence-electron chi connectivity index (χ0n) is 9.80. The predicted molar refractivity (Wildman–Crippen MR) is 74.4 cm³/mol. The second-order valence-electron chi connectivity index (χ2n) is 3.30. The monoisotopic (exact) mass is 336 g/mol. The Morgan fingerprint density at radius 1 is 1.56 bits per heavy atom. The van der Waals surface area contributed by atoms with E-state index in [0.29, 0.717) is 27.5 Å². The molecule has 100 valence electrons. The molecule has 1 aromatic rings. The number of hydrogen-bond donors (Lipinski definition) is 3. The number of aliphatic hydroxyl groups excluding tert-OH is 1. The van der Waals surface area contributed by atoms with Gasteiger partial charge in [0.1, 0.15) is 0 Å². The molecule has 0 aliphatic heterocycles. The minimum Gasteiger partial charge on any atom is -0.491 e. The number of nitrogens with one attached hydrogen (secondary N) is 2. The molecule has 0 aliphatic carbocycles. The average molecular weight is 338 g/mol. The van der Waals surface area contributed by atoms with Crippen molar-refractivity contribution in [2.75, 3.05) is 25.1 Å². The van der Waals surface area contributed by atoms with Crippen LogP contribution in [0.1, 0.15) is 6.92 Å². The van der Waals surface area contributed by atoms with E-state index in [2.05, 4.69) is 26.6 Å². The third-order valence-electron chi connectivity index (χ3n) is 1.94. The lowest BCUT2D eigenvalue weighted by atomic mass is 10.3. The molecule has 3 N–H and O–H groups in total. The highest BCUT2D eigenvalue weighted by molar-refractivity contribution is 9.10. The van der Waals surface area contributed by atoms with Crippen LogP contribution in [0.25, 0.3) is 0 Å². The van der Waals surface area contributed by atoms with E-state index in [1.54, 1.807) is 12.1 Å². The van der Waals surface area contributed by atoms with Gasteiger partial charge in [0.15, 0.2) is 5.75 Å². The van der Waals surface area contributed by atoms with E-state index in [1.165, 1.54) is 0 Å². The number of anilines is 1. The molecule has 1 aromatic carbocycles. The molecular formula is C11H14BrClN2O3. The molecule has 0 fully saturated rings. The molecule has 0 atom stereocenters. The molecule has 18 heavy (non-hydrogen) atoms. The van der Waals surface area contributed by atoms with Crippen molar-refractivity contribution >= 4 is 39.2 Å². The van der Waals surface area contributed by atoms with E-state index in [9.17, 15) is 4.79 Å². The van der Waals surface area contributed by atoms with Crippen LogP contribution < -0.4 is 15.4 Å². The molecule has 0 spiro atoms. The first kappa shape index (κ1) is 15.1. The van der Waals surface area contributed by atoms with Gasteiger partial charge in [-0.05, 0) is 35.0 Å². The average Bonchev–Trinajstić information content (AvgIpc) is 2.31. The highest BCUT2D eigenvalue weighted by Crippen LogP contribution is 2.36. The Morgan fingerprint density at radius 2 is 2.28 bits per heavy atom. The predicted octanol–water partition coefficient (Wildman–Crippen LogP) is 2.61. The smallest absolute Gasteiger partial charge is 0.319 e. The summed E-state index contributed by atoms with van der Waals surface area (Å²) in [6, 6.07) is 2.85. The van der Waals surface area contributed by atoms with Gasteiger partial charge in [-0.3, -0.25) is 0 Å². The lowest BCUT2D eigenvalue weighted by molar-refractivity contribution is 0.244. The number of carbonyl (C=O) groups is 1. The third-order valence-corrected chi connectivity index (χ3v) is 2.75. The van der Waals surface area contributed by atoms with Gasteiger partial charge in [0.2, 0.25) is 0 Å². The summed E-state index contributed by atoms with van der Waals surface area (Å²) in [6.45, 7) is 2.37. The van der Waals surface area contributed by atoms with Gasteiger partial charge in [-0.25, -0.2) is 4.79 Å². The molecular weight excluding hydrogens is 323 g/mol. The van der Waals surface area contributed by atoms with Crippen LogP contribution in [-0.4, -0.2) is 30.9 Å². The third kappa shape index (κ3) is 4.36. The van der Waals surface area contributed by atoms with Gasteiger partial charge in [0.05, 0.1) is 23.4 Å². The minimum atomic E-state index is -0.431. The van der Waals surface area contributed by atoms with Gasteiger partial charge in [-0.15, -0.1) is 0 Å². The summed E-state index contributed by atoms with van der Waals surface area (Å²) in [6.07, 6.45) is 0. The number of rotatable bonds is 5. The molecule has 0 heterocycles. The SMILES string of the molecule is CCOc1c(Br)cc(Cl)cc1NC(=O)NCCO. The van der Waals surface area contributed by atoms with Gasteiger partial charge in [-0.2, -0.15) is 0 Å². The van der Waals surface area contributed by atoms with Crippen LogP contribution in [0.4, 0.5) is 10.5 Å². The van der Waals surface area contributed by atoms with E-state index in [0.717, 1.165) is 0 Å². The standard InChI is InChI=1S/C11H14BrClN2O3/c1-2-18-10-8(12)5-7(13)6-9(10)15-11(17)14-3-4-16/h5-6,16H,2-4H2,1H3,(H2,14,15,17). The summed E-state index contributed by atoms with van der Waals surface area (Å²) >= 11 is 9.23. The zero-order chi connectivity index (χ0) is 13.5. The number of ether oxygens (including phenoxy) is 1. The maximum absolute atomic E-state index is 11.5. The van der Waals surface area contributed by atoms with Crippen LogP contribution in [0, 0.1) is 0 Å². The van der Waals surface area contributed by atoms with Gasteiger partial charge < -0.3 is 20.5 Å². The molecule has 5 nitrogen and oxygen atoms in total. The molecule has 0 saturated heterocycles. The number of aliphatic hydroxyl groups is 1. The second-order valence-corrected chi connectivity index (χ2v) is 4.59. The van der Waals surface area contributed by atoms with E-state index in [1.807, 2.05) is 6.92 Å².